The summed E-state index contributed by atoms with van der Waals surface area (Å²) < 4.78 is 26.8. The Morgan fingerprint density at radius 3 is 1.91 bits per heavy atom. The van der Waals surface area contributed by atoms with Crippen LogP contribution in [-0.2, 0) is 18.3 Å². The monoisotopic (exact) mass is 494 g/mol. The van der Waals surface area contributed by atoms with E-state index >= 15 is 0 Å². The van der Waals surface area contributed by atoms with Gasteiger partial charge in [0.25, 0.3) is 0 Å². The minimum absolute atomic E-state index is 0.0902. The van der Waals surface area contributed by atoms with Crippen molar-refractivity contribution in [1.29, 1.82) is 0 Å². The van der Waals surface area contributed by atoms with Crippen molar-refractivity contribution in [1.82, 2.24) is 0 Å². The highest BCUT2D eigenvalue weighted by Gasteiger charge is 2.23. The number of ether oxygens (including phenoxy) is 1. The van der Waals surface area contributed by atoms with Gasteiger partial charge in [-0.3, -0.25) is 9.05 Å². The molecule has 0 bridgehead atoms. The zero-order valence-electron chi connectivity index (χ0n) is 21.6. The van der Waals surface area contributed by atoms with Crippen LogP contribution in [0.15, 0.2) is 12.2 Å². The first-order valence-electron chi connectivity index (χ1n) is 13.2. The van der Waals surface area contributed by atoms with Gasteiger partial charge in [-0.05, 0) is 32.1 Å². The third-order valence-electron chi connectivity index (χ3n) is 5.40. The van der Waals surface area contributed by atoms with Crippen LogP contribution in [0.1, 0.15) is 96.8 Å². The van der Waals surface area contributed by atoms with Gasteiger partial charge in [0.15, 0.2) is 0 Å². The molecule has 198 valence electrons. The minimum atomic E-state index is -4.11. The summed E-state index contributed by atoms with van der Waals surface area (Å²) in [7, 11) is -0.272. The molecule has 0 fully saturated rings. The van der Waals surface area contributed by atoms with Gasteiger partial charge in [-0.25, -0.2) is 4.57 Å². The van der Waals surface area contributed by atoms with Crippen molar-refractivity contribution in [2.45, 2.75) is 103 Å². The maximum atomic E-state index is 11.7. The first kappa shape index (κ1) is 32.7. The second-order valence-electron chi connectivity index (χ2n) is 9.22. The zero-order valence-corrected chi connectivity index (χ0v) is 22.5. The highest BCUT2D eigenvalue weighted by Crippen LogP contribution is 2.42. The van der Waals surface area contributed by atoms with Crippen LogP contribution in [0, 0.1) is 0 Å². The molecule has 0 saturated heterocycles. The fourth-order valence-electron chi connectivity index (χ4n) is 3.30. The van der Waals surface area contributed by atoms with Crippen LogP contribution in [0.2, 0.25) is 0 Å². The topological polar surface area (TPSA) is 89.7 Å². The summed E-state index contributed by atoms with van der Waals surface area (Å²) in [6.07, 6.45) is 21.5. The highest BCUT2D eigenvalue weighted by atomic mass is 31.2. The first-order chi connectivity index (χ1) is 15.9. The van der Waals surface area contributed by atoms with E-state index in [1.165, 1.54) is 77.0 Å². The Balaban J connectivity index is 3.38. The second-order valence-corrected chi connectivity index (χ2v) is 10.7. The number of rotatable bonds is 25. The largest absolute Gasteiger partial charge is 0.472 e. The van der Waals surface area contributed by atoms with Gasteiger partial charge in [-0.2, -0.15) is 0 Å². The third kappa shape index (κ3) is 26.2. The number of hydrogen-bond donors (Lipinski definition) is 3. The van der Waals surface area contributed by atoms with Crippen molar-refractivity contribution in [3.8, 4) is 0 Å². The Kier molecular flexibility index (Phi) is 23.3. The number of phosphoric acid groups is 1. The Hall–Kier alpha value is -0.270. The van der Waals surface area contributed by atoms with E-state index in [0.29, 0.717) is 13.2 Å². The van der Waals surface area contributed by atoms with Gasteiger partial charge in [0, 0.05) is 6.61 Å². The van der Waals surface area contributed by atoms with E-state index in [2.05, 4.69) is 19.1 Å². The lowest BCUT2D eigenvalue weighted by Gasteiger charge is -2.16. The maximum absolute atomic E-state index is 11.7. The fourth-order valence-corrected chi connectivity index (χ4v) is 4.06. The van der Waals surface area contributed by atoms with E-state index in [1.807, 2.05) is 14.1 Å². The molecule has 2 atom stereocenters. The molecule has 0 heterocycles. The smallest absolute Gasteiger partial charge is 0.388 e. The zero-order chi connectivity index (χ0) is 24.6. The first-order valence-corrected chi connectivity index (χ1v) is 14.7. The average molecular weight is 495 g/mol. The molecule has 0 aromatic carbocycles. The average Bonchev–Trinajstić information content (AvgIpc) is 2.76. The van der Waals surface area contributed by atoms with Crippen molar-refractivity contribution >= 4 is 7.82 Å². The lowest BCUT2D eigenvalue weighted by Crippen LogP contribution is -3.06. The van der Waals surface area contributed by atoms with Crippen LogP contribution in [0.25, 0.3) is 0 Å². The third-order valence-corrected chi connectivity index (χ3v) is 6.38. The van der Waals surface area contributed by atoms with Gasteiger partial charge in [0.05, 0.1) is 27.3 Å². The molecule has 0 rings (SSSR count). The molecule has 0 aliphatic heterocycles. The number of phosphoric ester groups is 1. The molecule has 0 aliphatic carbocycles. The molecule has 0 aromatic rings. The van der Waals surface area contributed by atoms with E-state index in [-0.39, 0.29) is 19.8 Å². The number of hydrogen-bond acceptors (Lipinski definition) is 5. The molecule has 7 nitrogen and oxygen atoms in total. The number of allylic oxidation sites excluding steroid dienone is 2. The number of aliphatic hydroxyl groups is 1. The SMILES string of the molecule is CCCCCCCC/C=C\CCCCCCCCOC[C@@H](O)COP(=O)(O)OCC[NH+](C)C. The Bertz CT molecular complexity index is 490. The quantitative estimate of drug-likeness (QED) is 0.0970. The molecule has 0 radical (unpaired) electrons. The molecule has 0 aromatic heterocycles. The van der Waals surface area contributed by atoms with Crippen LogP contribution in [0.5, 0.6) is 0 Å². The molecule has 0 spiro atoms. The fraction of sp³-hybridized carbons (Fsp3) is 0.920. The summed E-state index contributed by atoms with van der Waals surface area (Å²) in [5.74, 6) is 0. The molecule has 1 unspecified atom stereocenters. The van der Waals surface area contributed by atoms with Gasteiger partial charge in [0.1, 0.15) is 19.3 Å². The van der Waals surface area contributed by atoms with Gasteiger partial charge in [-0.1, -0.05) is 76.9 Å². The standard InChI is InChI=1S/C25H52NO6P/c1-4-5-6-7-8-9-10-11-12-13-14-15-16-17-18-19-21-30-23-25(27)24-32-33(28,29)31-22-20-26(2)3/h11-12,25,27H,4-10,13-24H2,1-3H3,(H,28,29)/p+1/b12-11-/t25-/m1/s1. The Labute approximate surface area is 203 Å². The lowest BCUT2D eigenvalue weighted by atomic mass is 10.1. The predicted molar refractivity (Wildman–Crippen MR) is 136 cm³/mol. The summed E-state index contributed by atoms with van der Waals surface area (Å²) in [5.41, 5.74) is 0. The van der Waals surface area contributed by atoms with E-state index in [0.717, 1.165) is 17.7 Å². The molecule has 0 aliphatic rings. The normalized spacial score (nSPS) is 14.8. The summed E-state index contributed by atoms with van der Waals surface area (Å²) in [6, 6.07) is 0. The molecule has 8 heteroatoms. The van der Waals surface area contributed by atoms with Crippen LogP contribution in [0.3, 0.4) is 0 Å². The van der Waals surface area contributed by atoms with E-state index in [1.54, 1.807) is 0 Å². The lowest BCUT2D eigenvalue weighted by molar-refractivity contribution is -0.858. The summed E-state index contributed by atoms with van der Waals surface area (Å²) in [5, 5.41) is 9.81. The van der Waals surface area contributed by atoms with Crippen LogP contribution in [-0.4, -0.2) is 63.2 Å². The second kappa shape index (κ2) is 23.5. The molecular weight excluding hydrogens is 441 g/mol. The summed E-state index contributed by atoms with van der Waals surface area (Å²) in [6.45, 7) is 3.37. The van der Waals surface area contributed by atoms with E-state index in [9.17, 15) is 14.6 Å². The number of aliphatic hydroxyl groups excluding tert-OH is 1. The minimum Gasteiger partial charge on any atom is -0.388 e. The number of quaternary nitrogens is 1. The molecular formula is C25H53NO6P+. The van der Waals surface area contributed by atoms with Gasteiger partial charge in [0.2, 0.25) is 0 Å². The van der Waals surface area contributed by atoms with Gasteiger partial charge >= 0.3 is 7.82 Å². The van der Waals surface area contributed by atoms with Crippen molar-refractivity contribution in [2.75, 3.05) is 47.1 Å². The number of unbranched alkanes of at least 4 members (excludes halogenated alkanes) is 12. The van der Waals surface area contributed by atoms with E-state index < -0.39 is 13.9 Å². The van der Waals surface area contributed by atoms with E-state index in [4.69, 9.17) is 13.8 Å². The number of likely N-dealkylation sites (N-methyl/N-ethyl adjacent to an activating group) is 1. The van der Waals surface area contributed by atoms with Crippen molar-refractivity contribution < 1.29 is 33.2 Å². The highest BCUT2D eigenvalue weighted by molar-refractivity contribution is 7.47. The van der Waals surface area contributed by atoms with Crippen molar-refractivity contribution in [3.05, 3.63) is 12.2 Å². The van der Waals surface area contributed by atoms with Crippen LogP contribution >= 0.6 is 7.82 Å². The van der Waals surface area contributed by atoms with Crippen LogP contribution < -0.4 is 4.90 Å². The van der Waals surface area contributed by atoms with Crippen LogP contribution in [0.4, 0.5) is 0 Å². The van der Waals surface area contributed by atoms with Crippen molar-refractivity contribution in [3.63, 3.8) is 0 Å². The maximum Gasteiger partial charge on any atom is 0.472 e. The molecule has 3 N–H and O–H groups in total. The number of nitrogens with one attached hydrogen (secondary N) is 1. The summed E-state index contributed by atoms with van der Waals surface area (Å²) in [4.78, 5) is 10.7. The van der Waals surface area contributed by atoms with Gasteiger partial charge in [-0.15, -0.1) is 0 Å². The predicted octanol–water partition coefficient (Wildman–Crippen LogP) is 4.68. The summed E-state index contributed by atoms with van der Waals surface area (Å²) >= 11 is 0. The Morgan fingerprint density at radius 2 is 1.33 bits per heavy atom. The van der Waals surface area contributed by atoms with Crippen molar-refractivity contribution in [2.24, 2.45) is 0 Å². The van der Waals surface area contributed by atoms with Gasteiger partial charge < -0.3 is 19.6 Å². The molecule has 33 heavy (non-hydrogen) atoms. The Morgan fingerprint density at radius 1 is 0.788 bits per heavy atom. The molecule has 0 amide bonds. The molecule has 0 saturated carbocycles.